The van der Waals surface area contributed by atoms with E-state index >= 15 is 0 Å². The van der Waals surface area contributed by atoms with Gasteiger partial charge in [0.1, 0.15) is 0 Å². The largest absolute Gasteiger partial charge is 0.459 e. The first kappa shape index (κ1) is 22.1. The molecule has 0 spiro atoms. The van der Waals surface area contributed by atoms with Crippen molar-refractivity contribution in [1.82, 2.24) is 4.90 Å². The summed E-state index contributed by atoms with van der Waals surface area (Å²) < 4.78 is 44.6. The second-order valence-electron chi connectivity index (χ2n) is 7.80. The zero-order chi connectivity index (χ0) is 23.0. The second kappa shape index (κ2) is 8.46. The maximum absolute atomic E-state index is 13.5. The average Bonchev–Trinajstić information content (AvgIpc) is 3.27. The number of aryl methyl sites for hydroxylation is 1. The number of anilines is 1. The number of carbonyl (C=O) groups is 2. The first-order valence-electron chi connectivity index (χ1n) is 10.1. The van der Waals surface area contributed by atoms with Crippen molar-refractivity contribution in [3.8, 4) is 0 Å². The third kappa shape index (κ3) is 4.57. The Morgan fingerprint density at radius 3 is 2.56 bits per heavy atom. The first-order chi connectivity index (χ1) is 15.1. The van der Waals surface area contributed by atoms with E-state index in [-0.39, 0.29) is 17.7 Å². The van der Waals surface area contributed by atoms with E-state index in [0.717, 1.165) is 36.3 Å². The molecule has 2 aromatic heterocycles. The van der Waals surface area contributed by atoms with Crippen LogP contribution in [0.3, 0.4) is 0 Å². The quantitative estimate of drug-likeness (QED) is 0.469. The second-order valence-corrected chi connectivity index (χ2v) is 8.85. The van der Waals surface area contributed by atoms with Crippen LogP contribution in [0, 0.1) is 6.92 Å². The average molecular weight is 462 g/mol. The van der Waals surface area contributed by atoms with Gasteiger partial charge in [-0.1, -0.05) is 12.1 Å². The molecule has 1 aliphatic carbocycles. The highest BCUT2D eigenvalue weighted by molar-refractivity contribution is 7.18. The van der Waals surface area contributed by atoms with E-state index in [1.807, 2.05) is 0 Å². The molecule has 168 valence electrons. The van der Waals surface area contributed by atoms with Gasteiger partial charge in [-0.3, -0.25) is 9.59 Å². The van der Waals surface area contributed by atoms with E-state index in [1.54, 1.807) is 36.9 Å². The van der Waals surface area contributed by atoms with Crippen molar-refractivity contribution in [1.29, 1.82) is 0 Å². The fraction of sp³-hybridized carbons (Fsp3) is 0.304. The lowest BCUT2D eigenvalue weighted by Gasteiger charge is -2.30. The minimum absolute atomic E-state index is 0.0188. The van der Waals surface area contributed by atoms with E-state index in [9.17, 15) is 22.8 Å². The number of halogens is 3. The van der Waals surface area contributed by atoms with Crippen LogP contribution < -0.4 is 5.32 Å². The molecule has 9 heteroatoms. The van der Waals surface area contributed by atoms with Crippen LogP contribution in [0.4, 0.5) is 18.2 Å². The Labute approximate surface area is 186 Å². The maximum atomic E-state index is 13.5. The summed E-state index contributed by atoms with van der Waals surface area (Å²) in [5, 5.41) is 3.21. The van der Waals surface area contributed by atoms with Gasteiger partial charge >= 0.3 is 6.18 Å². The summed E-state index contributed by atoms with van der Waals surface area (Å²) in [6, 6.07) is 9.40. The van der Waals surface area contributed by atoms with Crippen molar-refractivity contribution in [2.75, 3.05) is 5.32 Å². The number of rotatable bonds is 6. The molecular weight excluding hydrogens is 441 g/mol. The van der Waals surface area contributed by atoms with E-state index in [1.165, 1.54) is 18.4 Å². The van der Waals surface area contributed by atoms with Crippen LogP contribution in [0.2, 0.25) is 0 Å². The van der Waals surface area contributed by atoms with Crippen molar-refractivity contribution in [3.05, 3.63) is 76.1 Å². The standard InChI is InChI=1S/C23H21F3N2O3S/c1-13-11-19(27-21(29)18-7-4-10-31-18)32-20(13)22(30)28(17-8-9-17)14(2)15-5-3-6-16(12-15)23(24,25)26/h3-7,10-12,14,17H,8-9H2,1-2H3,(H,27,29). The topological polar surface area (TPSA) is 62.6 Å². The van der Waals surface area contributed by atoms with Crippen LogP contribution in [0.25, 0.3) is 0 Å². The summed E-state index contributed by atoms with van der Waals surface area (Å²) in [4.78, 5) is 27.8. The zero-order valence-corrected chi connectivity index (χ0v) is 18.2. The lowest BCUT2D eigenvalue weighted by molar-refractivity contribution is -0.137. The molecule has 1 aromatic carbocycles. The van der Waals surface area contributed by atoms with Gasteiger partial charge in [0.05, 0.1) is 27.7 Å². The lowest BCUT2D eigenvalue weighted by atomic mass is 10.0. The fourth-order valence-electron chi connectivity index (χ4n) is 3.60. The van der Waals surface area contributed by atoms with Crippen molar-refractivity contribution < 1.29 is 27.2 Å². The minimum atomic E-state index is -4.45. The van der Waals surface area contributed by atoms with Gasteiger partial charge in [0.25, 0.3) is 11.8 Å². The molecule has 2 heterocycles. The Morgan fingerprint density at radius 2 is 1.94 bits per heavy atom. The predicted molar refractivity (Wildman–Crippen MR) is 115 cm³/mol. The van der Waals surface area contributed by atoms with Crippen LogP contribution in [0.1, 0.15) is 62.7 Å². The van der Waals surface area contributed by atoms with Crippen molar-refractivity contribution in [2.24, 2.45) is 0 Å². The van der Waals surface area contributed by atoms with Gasteiger partial charge in [-0.05, 0) is 68.1 Å². The number of alkyl halides is 3. The van der Waals surface area contributed by atoms with Crippen molar-refractivity contribution >= 4 is 28.2 Å². The van der Waals surface area contributed by atoms with Gasteiger partial charge in [-0.15, -0.1) is 11.3 Å². The molecule has 0 saturated heterocycles. The van der Waals surface area contributed by atoms with Crippen LogP contribution in [0.15, 0.2) is 53.1 Å². The van der Waals surface area contributed by atoms with E-state index in [2.05, 4.69) is 5.32 Å². The van der Waals surface area contributed by atoms with Crippen LogP contribution in [-0.4, -0.2) is 22.8 Å². The summed E-state index contributed by atoms with van der Waals surface area (Å²) in [5.41, 5.74) is 0.387. The van der Waals surface area contributed by atoms with Crippen LogP contribution >= 0.6 is 11.3 Å². The molecule has 3 aromatic rings. The summed E-state index contributed by atoms with van der Waals surface area (Å²) in [7, 11) is 0. The Kier molecular flexibility index (Phi) is 5.85. The molecule has 0 radical (unpaired) electrons. The van der Waals surface area contributed by atoms with Gasteiger partial charge in [-0.2, -0.15) is 13.2 Å². The summed E-state index contributed by atoms with van der Waals surface area (Å²) >= 11 is 1.14. The fourth-order valence-corrected chi connectivity index (χ4v) is 4.61. The van der Waals surface area contributed by atoms with Crippen molar-refractivity contribution in [3.63, 3.8) is 0 Å². The maximum Gasteiger partial charge on any atom is 0.416 e. The monoisotopic (exact) mass is 462 g/mol. The van der Waals surface area contributed by atoms with E-state index in [4.69, 9.17) is 4.42 Å². The molecule has 2 amide bonds. The number of thiophene rings is 1. The third-order valence-electron chi connectivity index (χ3n) is 5.38. The van der Waals surface area contributed by atoms with Crippen LogP contribution in [0.5, 0.6) is 0 Å². The highest BCUT2D eigenvalue weighted by atomic mass is 32.1. The number of benzene rings is 1. The van der Waals surface area contributed by atoms with Crippen LogP contribution in [-0.2, 0) is 6.18 Å². The Hall–Kier alpha value is -3.07. The lowest BCUT2D eigenvalue weighted by Crippen LogP contribution is -2.35. The zero-order valence-electron chi connectivity index (χ0n) is 17.4. The predicted octanol–water partition coefficient (Wildman–Crippen LogP) is 6.29. The molecule has 1 aliphatic rings. The Balaban J connectivity index is 1.58. The van der Waals surface area contributed by atoms with E-state index < -0.39 is 23.7 Å². The molecule has 1 unspecified atom stereocenters. The number of hydrogen-bond donors (Lipinski definition) is 1. The van der Waals surface area contributed by atoms with Gasteiger partial charge < -0.3 is 14.6 Å². The Morgan fingerprint density at radius 1 is 1.19 bits per heavy atom. The summed E-state index contributed by atoms with van der Waals surface area (Å²) in [5.74, 6) is -0.522. The minimum Gasteiger partial charge on any atom is -0.459 e. The van der Waals surface area contributed by atoms with Gasteiger partial charge in [0, 0.05) is 6.04 Å². The number of amides is 2. The number of nitrogens with zero attached hydrogens (tertiary/aromatic N) is 1. The molecule has 0 aliphatic heterocycles. The van der Waals surface area contributed by atoms with Gasteiger partial charge in [-0.25, -0.2) is 0 Å². The molecule has 1 saturated carbocycles. The molecule has 32 heavy (non-hydrogen) atoms. The highest BCUT2D eigenvalue weighted by Crippen LogP contribution is 2.39. The van der Waals surface area contributed by atoms with Crippen molar-refractivity contribution in [2.45, 2.75) is 44.9 Å². The number of hydrogen-bond acceptors (Lipinski definition) is 4. The summed E-state index contributed by atoms with van der Waals surface area (Å²) in [6.45, 7) is 3.51. The Bertz CT molecular complexity index is 1130. The first-order valence-corrected chi connectivity index (χ1v) is 10.9. The molecule has 1 fully saturated rings. The van der Waals surface area contributed by atoms with E-state index in [0.29, 0.717) is 21.0 Å². The molecular formula is C23H21F3N2O3S. The number of furan rings is 1. The molecule has 5 nitrogen and oxygen atoms in total. The molecule has 1 atom stereocenters. The normalized spacial score (nSPS) is 14.8. The SMILES string of the molecule is Cc1cc(NC(=O)c2ccco2)sc1C(=O)N(C1CC1)C(C)c1cccc(C(F)(F)F)c1. The molecule has 1 N–H and O–H groups in total. The number of nitrogens with one attached hydrogen (secondary N) is 1. The molecule has 0 bridgehead atoms. The summed E-state index contributed by atoms with van der Waals surface area (Å²) in [6.07, 6.45) is -1.44. The van der Waals surface area contributed by atoms with Gasteiger partial charge in [0.15, 0.2) is 5.76 Å². The number of carbonyl (C=O) groups excluding carboxylic acids is 2. The highest BCUT2D eigenvalue weighted by Gasteiger charge is 2.38. The molecule has 4 rings (SSSR count). The van der Waals surface area contributed by atoms with Gasteiger partial charge in [0.2, 0.25) is 0 Å². The smallest absolute Gasteiger partial charge is 0.416 e. The third-order valence-corrected chi connectivity index (χ3v) is 6.52.